The van der Waals surface area contributed by atoms with E-state index in [1.807, 2.05) is 17.7 Å². The maximum absolute atomic E-state index is 13.1. The second kappa shape index (κ2) is 9.87. The van der Waals surface area contributed by atoms with Crippen LogP contribution < -0.4 is 4.74 Å². The van der Waals surface area contributed by atoms with Crippen LogP contribution in [-0.4, -0.2) is 49.4 Å². The zero-order valence-electron chi connectivity index (χ0n) is 18.0. The SMILES string of the molecule is CCOc1ccc(C(O)=C2C(=O)C(=O)N(CCCn3ccnc3)[C@@H]2c2cccnc2)cc1Cl. The molecule has 1 aliphatic heterocycles. The zero-order chi connectivity index (χ0) is 23.4. The molecule has 0 saturated carbocycles. The number of pyridine rings is 1. The molecule has 1 aromatic carbocycles. The van der Waals surface area contributed by atoms with Gasteiger partial charge in [0.05, 0.1) is 29.6 Å². The van der Waals surface area contributed by atoms with Crippen LogP contribution in [0.15, 0.2) is 67.0 Å². The number of aromatic nitrogens is 3. The Balaban J connectivity index is 1.71. The van der Waals surface area contributed by atoms with Crippen LogP contribution in [0.5, 0.6) is 5.75 Å². The lowest BCUT2D eigenvalue weighted by atomic mass is 9.96. The van der Waals surface area contributed by atoms with Crippen molar-refractivity contribution in [1.82, 2.24) is 19.4 Å². The molecule has 1 aliphatic rings. The van der Waals surface area contributed by atoms with Crippen LogP contribution in [-0.2, 0) is 16.1 Å². The molecular weight excluding hydrogens is 444 g/mol. The van der Waals surface area contributed by atoms with E-state index < -0.39 is 17.7 Å². The molecule has 0 bridgehead atoms. The monoisotopic (exact) mass is 466 g/mol. The van der Waals surface area contributed by atoms with Crippen LogP contribution in [0.4, 0.5) is 0 Å². The Morgan fingerprint density at radius 2 is 2.03 bits per heavy atom. The summed E-state index contributed by atoms with van der Waals surface area (Å²) in [6.07, 6.45) is 9.03. The second-order valence-corrected chi connectivity index (χ2v) is 7.92. The largest absolute Gasteiger partial charge is 0.507 e. The summed E-state index contributed by atoms with van der Waals surface area (Å²) >= 11 is 6.29. The van der Waals surface area contributed by atoms with E-state index in [9.17, 15) is 14.7 Å². The minimum Gasteiger partial charge on any atom is -0.507 e. The molecule has 0 spiro atoms. The number of Topliss-reactive ketones (excluding diaryl/α,β-unsaturated/α-hetero) is 1. The van der Waals surface area contributed by atoms with Crippen molar-refractivity contribution in [1.29, 1.82) is 0 Å². The Hall–Kier alpha value is -3.65. The Kier molecular flexibility index (Phi) is 6.74. The molecule has 3 aromatic rings. The number of nitrogens with zero attached hydrogens (tertiary/aromatic N) is 4. The molecule has 1 saturated heterocycles. The van der Waals surface area contributed by atoms with Crippen molar-refractivity contribution < 1.29 is 19.4 Å². The van der Waals surface area contributed by atoms with Crippen molar-refractivity contribution in [3.8, 4) is 5.75 Å². The Morgan fingerprint density at radius 3 is 2.70 bits per heavy atom. The van der Waals surface area contributed by atoms with Gasteiger partial charge < -0.3 is 19.3 Å². The number of likely N-dealkylation sites (tertiary alicyclic amines) is 1. The Morgan fingerprint density at radius 1 is 1.18 bits per heavy atom. The van der Waals surface area contributed by atoms with Gasteiger partial charge in [-0.3, -0.25) is 14.6 Å². The molecule has 9 heteroatoms. The number of carbonyl (C=O) groups excluding carboxylic acids is 2. The number of aliphatic hydroxyl groups excluding tert-OH is 1. The number of hydrogen-bond donors (Lipinski definition) is 1. The van der Waals surface area contributed by atoms with Crippen molar-refractivity contribution in [2.75, 3.05) is 13.2 Å². The Bertz CT molecular complexity index is 1180. The van der Waals surface area contributed by atoms with Gasteiger partial charge in [0.1, 0.15) is 11.5 Å². The molecule has 1 atom stereocenters. The average Bonchev–Trinajstić information content (AvgIpc) is 3.43. The quantitative estimate of drug-likeness (QED) is 0.308. The number of benzene rings is 1. The summed E-state index contributed by atoms with van der Waals surface area (Å²) in [5.74, 6) is -1.22. The van der Waals surface area contributed by atoms with Gasteiger partial charge in [0.25, 0.3) is 11.7 Å². The van der Waals surface area contributed by atoms with Gasteiger partial charge in [-0.15, -0.1) is 0 Å². The van der Waals surface area contributed by atoms with Crippen LogP contribution in [0.2, 0.25) is 5.02 Å². The van der Waals surface area contributed by atoms with Crippen molar-refractivity contribution in [2.24, 2.45) is 0 Å². The molecule has 3 heterocycles. The van der Waals surface area contributed by atoms with Crippen LogP contribution in [0.3, 0.4) is 0 Å². The molecule has 0 radical (unpaired) electrons. The van der Waals surface area contributed by atoms with Crippen molar-refractivity contribution >= 4 is 29.1 Å². The summed E-state index contributed by atoms with van der Waals surface area (Å²) in [5.41, 5.74) is 0.975. The standard InChI is InChI=1S/C24H23ClN4O4/c1-2-33-19-7-6-16(13-18(19)25)22(30)20-21(17-5-3-8-26-14-17)29(24(32)23(20)31)11-4-10-28-12-9-27-15-28/h3,5-9,12-15,21,30H,2,4,10-11H2,1H3/t21-/m1/s1. The maximum atomic E-state index is 13.1. The summed E-state index contributed by atoms with van der Waals surface area (Å²) in [5, 5.41) is 11.4. The van der Waals surface area contributed by atoms with Gasteiger partial charge in [0.2, 0.25) is 0 Å². The highest BCUT2D eigenvalue weighted by molar-refractivity contribution is 6.46. The molecular formula is C24H23ClN4O4. The number of halogens is 1. The van der Waals surface area contributed by atoms with Gasteiger partial charge in [0, 0.05) is 43.4 Å². The number of rotatable bonds is 8. The van der Waals surface area contributed by atoms with Crippen molar-refractivity contribution in [3.63, 3.8) is 0 Å². The van der Waals surface area contributed by atoms with Gasteiger partial charge in [-0.05, 0) is 43.2 Å². The number of aryl methyl sites for hydroxylation is 1. The molecule has 0 aliphatic carbocycles. The van der Waals surface area contributed by atoms with E-state index in [1.165, 1.54) is 11.0 Å². The molecule has 1 amide bonds. The van der Waals surface area contributed by atoms with E-state index in [0.29, 0.717) is 48.0 Å². The molecule has 1 N–H and O–H groups in total. The van der Waals surface area contributed by atoms with E-state index in [1.54, 1.807) is 49.2 Å². The lowest BCUT2D eigenvalue weighted by Crippen LogP contribution is -2.31. The van der Waals surface area contributed by atoms with E-state index in [-0.39, 0.29) is 11.3 Å². The van der Waals surface area contributed by atoms with E-state index in [0.717, 1.165) is 0 Å². The topological polar surface area (TPSA) is 97.6 Å². The number of ether oxygens (including phenoxy) is 1. The minimum atomic E-state index is -0.758. The summed E-state index contributed by atoms with van der Waals surface area (Å²) in [4.78, 5) is 35.7. The van der Waals surface area contributed by atoms with Gasteiger partial charge in [0.15, 0.2) is 0 Å². The van der Waals surface area contributed by atoms with Gasteiger partial charge >= 0.3 is 0 Å². The fourth-order valence-corrected chi connectivity index (χ4v) is 4.15. The molecule has 8 nitrogen and oxygen atoms in total. The van der Waals surface area contributed by atoms with Gasteiger partial charge in [-0.2, -0.15) is 0 Å². The summed E-state index contributed by atoms with van der Waals surface area (Å²) < 4.78 is 7.34. The molecule has 2 aromatic heterocycles. The normalized spacial score (nSPS) is 17.5. The maximum Gasteiger partial charge on any atom is 0.295 e. The second-order valence-electron chi connectivity index (χ2n) is 7.51. The van der Waals surface area contributed by atoms with Crippen LogP contribution in [0.1, 0.15) is 30.5 Å². The van der Waals surface area contributed by atoms with Crippen LogP contribution >= 0.6 is 11.6 Å². The number of hydrogen-bond acceptors (Lipinski definition) is 6. The molecule has 4 rings (SSSR count). The predicted molar refractivity (Wildman–Crippen MR) is 123 cm³/mol. The van der Waals surface area contributed by atoms with Gasteiger partial charge in [-0.1, -0.05) is 17.7 Å². The fourth-order valence-electron chi connectivity index (χ4n) is 3.91. The first-order valence-corrected chi connectivity index (χ1v) is 11.0. The highest BCUT2D eigenvalue weighted by Gasteiger charge is 2.45. The van der Waals surface area contributed by atoms with Crippen molar-refractivity contribution in [2.45, 2.75) is 25.9 Å². The van der Waals surface area contributed by atoms with Crippen LogP contribution in [0.25, 0.3) is 5.76 Å². The molecule has 0 unspecified atom stereocenters. The smallest absolute Gasteiger partial charge is 0.295 e. The molecule has 170 valence electrons. The van der Waals surface area contributed by atoms with Gasteiger partial charge in [-0.25, -0.2) is 4.98 Å². The van der Waals surface area contributed by atoms with Crippen molar-refractivity contribution in [3.05, 3.63) is 83.2 Å². The zero-order valence-corrected chi connectivity index (χ0v) is 18.8. The highest BCUT2D eigenvalue weighted by Crippen LogP contribution is 2.40. The average molecular weight is 467 g/mol. The highest BCUT2D eigenvalue weighted by atomic mass is 35.5. The predicted octanol–water partition coefficient (Wildman–Crippen LogP) is 3.84. The summed E-state index contributed by atoms with van der Waals surface area (Å²) in [6, 6.07) is 7.51. The van der Waals surface area contributed by atoms with E-state index in [2.05, 4.69) is 9.97 Å². The Labute approximate surface area is 196 Å². The number of carbonyl (C=O) groups is 2. The summed E-state index contributed by atoms with van der Waals surface area (Å²) in [7, 11) is 0. The third-order valence-corrected chi connectivity index (χ3v) is 5.72. The fraction of sp³-hybridized carbons (Fsp3) is 0.250. The summed E-state index contributed by atoms with van der Waals surface area (Å²) in [6.45, 7) is 3.24. The first-order chi connectivity index (χ1) is 16.0. The van der Waals surface area contributed by atoms with Crippen LogP contribution in [0, 0.1) is 0 Å². The lowest BCUT2D eigenvalue weighted by Gasteiger charge is -2.25. The van der Waals surface area contributed by atoms with E-state index >= 15 is 0 Å². The minimum absolute atomic E-state index is 0.0101. The third kappa shape index (κ3) is 4.61. The van der Waals surface area contributed by atoms with E-state index in [4.69, 9.17) is 16.3 Å². The molecule has 1 fully saturated rings. The number of amides is 1. The number of ketones is 1. The number of imidazole rings is 1. The molecule has 33 heavy (non-hydrogen) atoms. The first-order valence-electron chi connectivity index (χ1n) is 10.6. The first kappa shape index (κ1) is 22.5. The third-order valence-electron chi connectivity index (χ3n) is 5.42. The number of aliphatic hydroxyl groups is 1. The lowest BCUT2D eigenvalue weighted by molar-refractivity contribution is -0.139.